The summed E-state index contributed by atoms with van der Waals surface area (Å²) >= 11 is 0. The third kappa shape index (κ3) is 3.25. The first-order chi connectivity index (χ1) is 9.08. The van der Waals surface area contributed by atoms with E-state index in [1.165, 1.54) is 16.7 Å². The average molecular weight is 255 g/mol. The Morgan fingerprint density at radius 2 is 1.95 bits per heavy atom. The molecule has 0 fully saturated rings. The van der Waals surface area contributed by atoms with Gasteiger partial charge in [-0.15, -0.1) is 0 Å². The third-order valence-electron chi connectivity index (χ3n) is 3.25. The molecular formula is C16H21N3. The Hall–Kier alpha value is -2.03. The highest BCUT2D eigenvalue weighted by atomic mass is 15.1. The van der Waals surface area contributed by atoms with E-state index in [0.717, 1.165) is 17.9 Å². The van der Waals surface area contributed by atoms with Crippen molar-refractivity contribution >= 4 is 11.4 Å². The van der Waals surface area contributed by atoms with Crippen LogP contribution >= 0.6 is 0 Å². The standard InChI is InChI=1S/C16H21N3/c1-12-5-6-14(13(2)9-12)10-18-15-11-17-8-7-16(15)19(3)4/h5-9,11,18H,10H2,1-4H3. The Balaban J connectivity index is 2.14. The van der Waals surface area contributed by atoms with Crippen molar-refractivity contribution in [3.05, 3.63) is 53.3 Å². The van der Waals surface area contributed by atoms with Gasteiger partial charge in [0.2, 0.25) is 0 Å². The van der Waals surface area contributed by atoms with E-state index in [0.29, 0.717) is 0 Å². The maximum absolute atomic E-state index is 4.19. The largest absolute Gasteiger partial charge is 0.378 e. The fraction of sp³-hybridized carbons (Fsp3) is 0.312. The maximum Gasteiger partial charge on any atom is 0.0766 e. The van der Waals surface area contributed by atoms with E-state index < -0.39 is 0 Å². The van der Waals surface area contributed by atoms with E-state index in [4.69, 9.17) is 0 Å². The minimum Gasteiger partial charge on any atom is -0.378 e. The molecule has 0 saturated heterocycles. The van der Waals surface area contributed by atoms with Gasteiger partial charge in [0.25, 0.3) is 0 Å². The number of aromatic nitrogens is 1. The van der Waals surface area contributed by atoms with Crippen molar-refractivity contribution in [1.82, 2.24) is 4.98 Å². The summed E-state index contributed by atoms with van der Waals surface area (Å²) < 4.78 is 0. The van der Waals surface area contributed by atoms with Gasteiger partial charge in [0.15, 0.2) is 0 Å². The molecule has 0 spiro atoms. The van der Waals surface area contributed by atoms with Gasteiger partial charge in [-0.25, -0.2) is 0 Å². The summed E-state index contributed by atoms with van der Waals surface area (Å²) in [6.07, 6.45) is 3.69. The first-order valence-electron chi connectivity index (χ1n) is 6.49. The summed E-state index contributed by atoms with van der Waals surface area (Å²) in [6, 6.07) is 8.57. The van der Waals surface area contributed by atoms with Crippen LogP contribution in [-0.2, 0) is 6.54 Å². The summed E-state index contributed by atoms with van der Waals surface area (Å²) in [5, 5.41) is 3.47. The molecule has 1 N–H and O–H groups in total. The summed E-state index contributed by atoms with van der Waals surface area (Å²) in [7, 11) is 4.08. The Labute approximate surface area is 115 Å². The van der Waals surface area contributed by atoms with Crippen molar-refractivity contribution < 1.29 is 0 Å². The van der Waals surface area contributed by atoms with Crippen LogP contribution in [0.3, 0.4) is 0 Å². The second-order valence-corrected chi connectivity index (χ2v) is 5.07. The molecule has 0 amide bonds. The van der Waals surface area contributed by atoms with Gasteiger partial charge in [0.05, 0.1) is 17.6 Å². The van der Waals surface area contributed by atoms with Gasteiger partial charge in [-0.1, -0.05) is 23.8 Å². The Morgan fingerprint density at radius 1 is 1.16 bits per heavy atom. The lowest BCUT2D eigenvalue weighted by molar-refractivity contribution is 1.07. The van der Waals surface area contributed by atoms with Gasteiger partial charge in [-0.3, -0.25) is 4.98 Å². The molecule has 3 heteroatoms. The van der Waals surface area contributed by atoms with Gasteiger partial charge in [0.1, 0.15) is 0 Å². The molecule has 0 radical (unpaired) electrons. The molecule has 0 bridgehead atoms. The fourth-order valence-corrected chi connectivity index (χ4v) is 2.15. The van der Waals surface area contributed by atoms with E-state index in [-0.39, 0.29) is 0 Å². The topological polar surface area (TPSA) is 28.2 Å². The first-order valence-corrected chi connectivity index (χ1v) is 6.49. The van der Waals surface area contributed by atoms with Crippen molar-refractivity contribution in [3.63, 3.8) is 0 Å². The molecule has 19 heavy (non-hydrogen) atoms. The van der Waals surface area contributed by atoms with Crippen LogP contribution in [0.2, 0.25) is 0 Å². The highest BCUT2D eigenvalue weighted by molar-refractivity contribution is 5.68. The normalized spacial score (nSPS) is 10.3. The first kappa shape index (κ1) is 13.4. The molecule has 3 nitrogen and oxygen atoms in total. The monoisotopic (exact) mass is 255 g/mol. The van der Waals surface area contributed by atoms with E-state index >= 15 is 0 Å². The Bertz CT molecular complexity index is 562. The summed E-state index contributed by atoms with van der Waals surface area (Å²) in [5.41, 5.74) is 6.16. The van der Waals surface area contributed by atoms with E-state index in [1.54, 1.807) is 0 Å². The number of nitrogens with one attached hydrogen (secondary N) is 1. The van der Waals surface area contributed by atoms with Crippen molar-refractivity contribution in [3.8, 4) is 0 Å². The molecule has 0 unspecified atom stereocenters. The SMILES string of the molecule is Cc1ccc(CNc2cnccc2N(C)C)c(C)c1. The molecule has 100 valence electrons. The number of aryl methyl sites for hydroxylation is 2. The number of anilines is 2. The zero-order chi connectivity index (χ0) is 13.8. The van der Waals surface area contributed by atoms with Gasteiger partial charge in [0, 0.05) is 26.8 Å². The lowest BCUT2D eigenvalue weighted by Gasteiger charge is -2.18. The smallest absolute Gasteiger partial charge is 0.0766 e. The Kier molecular flexibility index (Phi) is 4.05. The van der Waals surface area contributed by atoms with Crippen LogP contribution in [0.15, 0.2) is 36.7 Å². The minimum absolute atomic E-state index is 0.818. The van der Waals surface area contributed by atoms with E-state index in [9.17, 15) is 0 Å². The lowest BCUT2D eigenvalue weighted by Crippen LogP contribution is -2.12. The van der Waals surface area contributed by atoms with Gasteiger partial charge < -0.3 is 10.2 Å². The fourth-order valence-electron chi connectivity index (χ4n) is 2.15. The molecule has 2 aromatic rings. The zero-order valence-electron chi connectivity index (χ0n) is 12.1. The molecule has 0 aliphatic rings. The highest BCUT2D eigenvalue weighted by Crippen LogP contribution is 2.23. The van der Waals surface area contributed by atoms with Gasteiger partial charge >= 0.3 is 0 Å². The number of hydrogen-bond donors (Lipinski definition) is 1. The van der Waals surface area contributed by atoms with E-state index in [1.807, 2.05) is 32.6 Å². The molecular weight excluding hydrogens is 234 g/mol. The van der Waals surface area contributed by atoms with Gasteiger partial charge in [-0.2, -0.15) is 0 Å². The molecule has 0 saturated carbocycles. The predicted octanol–water partition coefficient (Wildman–Crippen LogP) is 3.38. The van der Waals surface area contributed by atoms with Crippen LogP contribution in [0.25, 0.3) is 0 Å². The maximum atomic E-state index is 4.19. The minimum atomic E-state index is 0.818. The number of nitrogens with zero attached hydrogens (tertiary/aromatic N) is 2. The molecule has 0 atom stereocenters. The molecule has 1 aromatic carbocycles. The average Bonchev–Trinajstić information content (AvgIpc) is 2.38. The summed E-state index contributed by atoms with van der Waals surface area (Å²) in [4.78, 5) is 6.28. The zero-order valence-corrected chi connectivity index (χ0v) is 12.1. The quantitative estimate of drug-likeness (QED) is 0.907. The number of benzene rings is 1. The van der Waals surface area contributed by atoms with Crippen molar-refractivity contribution in [2.45, 2.75) is 20.4 Å². The van der Waals surface area contributed by atoms with Crippen molar-refractivity contribution in [2.75, 3.05) is 24.3 Å². The summed E-state index contributed by atoms with van der Waals surface area (Å²) in [6.45, 7) is 5.09. The summed E-state index contributed by atoms with van der Waals surface area (Å²) in [5.74, 6) is 0. The van der Waals surface area contributed by atoms with Gasteiger partial charge in [-0.05, 0) is 31.0 Å². The van der Waals surface area contributed by atoms with Crippen LogP contribution in [0.5, 0.6) is 0 Å². The highest BCUT2D eigenvalue weighted by Gasteiger charge is 2.04. The van der Waals surface area contributed by atoms with Crippen molar-refractivity contribution in [2.24, 2.45) is 0 Å². The lowest BCUT2D eigenvalue weighted by atomic mass is 10.1. The Morgan fingerprint density at radius 3 is 2.63 bits per heavy atom. The van der Waals surface area contributed by atoms with Crippen LogP contribution in [0, 0.1) is 13.8 Å². The molecule has 1 aromatic heterocycles. The second kappa shape index (κ2) is 5.74. The number of rotatable bonds is 4. The van der Waals surface area contributed by atoms with Crippen molar-refractivity contribution in [1.29, 1.82) is 0 Å². The molecule has 0 aliphatic heterocycles. The molecule has 2 rings (SSSR count). The molecule has 1 heterocycles. The third-order valence-corrected chi connectivity index (χ3v) is 3.25. The predicted molar refractivity (Wildman–Crippen MR) is 81.8 cm³/mol. The van der Waals surface area contributed by atoms with E-state index in [2.05, 4.69) is 47.2 Å². The molecule has 0 aliphatic carbocycles. The van der Waals surface area contributed by atoms with Crippen LogP contribution in [0.4, 0.5) is 11.4 Å². The number of hydrogen-bond acceptors (Lipinski definition) is 3. The van der Waals surface area contributed by atoms with Crippen LogP contribution in [-0.4, -0.2) is 19.1 Å². The number of pyridine rings is 1. The van der Waals surface area contributed by atoms with Crippen LogP contribution in [0.1, 0.15) is 16.7 Å². The van der Waals surface area contributed by atoms with Crippen LogP contribution < -0.4 is 10.2 Å². The second-order valence-electron chi connectivity index (χ2n) is 5.07.